The van der Waals surface area contributed by atoms with Crippen molar-refractivity contribution in [2.24, 2.45) is 0 Å². The molecule has 0 aliphatic carbocycles. The largest absolute Gasteiger partial charge is 0.338 e. The Morgan fingerprint density at radius 3 is 1.59 bits per heavy atom. The average Bonchev–Trinajstić information content (AvgIpc) is 2.83. The highest BCUT2D eigenvalue weighted by atomic mass is 35.5. The Kier molecular flexibility index (Phi) is 7.31. The quantitative estimate of drug-likeness (QED) is 0.359. The van der Waals surface area contributed by atoms with Crippen molar-refractivity contribution in [2.45, 2.75) is 6.92 Å². The molecule has 2 heterocycles. The second-order valence-corrected chi connectivity index (χ2v) is 8.09. The first-order valence-corrected chi connectivity index (χ1v) is 11.1. The van der Waals surface area contributed by atoms with E-state index in [4.69, 9.17) is 23.2 Å². The lowest BCUT2D eigenvalue weighted by Gasteiger charge is -2.34. The van der Waals surface area contributed by atoms with Crippen molar-refractivity contribution in [2.75, 3.05) is 59.3 Å². The fourth-order valence-corrected chi connectivity index (χ4v) is 3.46. The minimum atomic E-state index is 0.392. The number of aromatic nitrogens is 3. The molecular formula is C21H25Cl2N9. The second kappa shape index (κ2) is 10.5. The number of anilines is 5. The Morgan fingerprint density at radius 2 is 1.16 bits per heavy atom. The highest BCUT2D eigenvalue weighted by molar-refractivity contribution is 6.30. The Morgan fingerprint density at radius 1 is 0.688 bits per heavy atom. The van der Waals surface area contributed by atoms with Crippen LogP contribution in [0.3, 0.4) is 0 Å². The normalized spacial score (nSPS) is 14.2. The summed E-state index contributed by atoms with van der Waals surface area (Å²) in [6, 6.07) is 14.7. The molecule has 168 valence electrons. The number of halogens is 2. The number of nitrogens with one attached hydrogen (secondary N) is 4. The maximum absolute atomic E-state index is 5.96. The molecule has 0 saturated carbocycles. The van der Waals surface area contributed by atoms with Crippen LogP contribution in [0.25, 0.3) is 0 Å². The van der Waals surface area contributed by atoms with Gasteiger partial charge in [-0.2, -0.15) is 15.0 Å². The summed E-state index contributed by atoms with van der Waals surface area (Å²) in [7, 11) is 0. The van der Waals surface area contributed by atoms with Gasteiger partial charge in [-0.1, -0.05) is 30.1 Å². The summed E-state index contributed by atoms with van der Waals surface area (Å²) in [4.78, 5) is 18.2. The Balaban J connectivity index is 1.50. The van der Waals surface area contributed by atoms with Gasteiger partial charge in [-0.3, -0.25) is 21.7 Å². The number of likely N-dealkylation sites (N-methyl/N-ethyl adjacent to an activating group) is 1. The van der Waals surface area contributed by atoms with Crippen LogP contribution in [0.15, 0.2) is 48.5 Å². The molecule has 0 radical (unpaired) electrons. The van der Waals surface area contributed by atoms with Crippen molar-refractivity contribution in [1.82, 2.24) is 19.9 Å². The third kappa shape index (κ3) is 6.03. The molecule has 4 rings (SSSR count). The van der Waals surface area contributed by atoms with Gasteiger partial charge in [0.25, 0.3) is 0 Å². The molecule has 2 aromatic carbocycles. The molecule has 4 N–H and O–H groups in total. The van der Waals surface area contributed by atoms with E-state index < -0.39 is 0 Å². The zero-order valence-corrected chi connectivity index (χ0v) is 19.2. The van der Waals surface area contributed by atoms with Crippen LogP contribution in [0, 0.1) is 0 Å². The SMILES string of the molecule is CCN1CCN(c2nc(NNc3ccc(Cl)cc3)nc(NNc3ccc(Cl)cc3)n2)CC1. The lowest BCUT2D eigenvalue weighted by atomic mass is 10.3. The molecule has 1 aliphatic rings. The van der Waals surface area contributed by atoms with Crippen LogP contribution in [-0.2, 0) is 0 Å². The second-order valence-electron chi connectivity index (χ2n) is 7.22. The summed E-state index contributed by atoms with van der Waals surface area (Å²) in [5, 5.41) is 1.34. The summed E-state index contributed by atoms with van der Waals surface area (Å²) in [5.74, 6) is 1.39. The lowest BCUT2D eigenvalue weighted by Crippen LogP contribution is -2.46. The van der Waals surface area contributed by atoms with E-state index in [1.165, 1.54) is 0 Å². The summed E-state index contributed by atoms with van der Waals surface area (Å²) < 4.78 is 0. The molecule has 0 spiro atoms. The van der Waals surface area contributed by atoms with Gasteiger partial charge in [-0.15, -0.1) is 0 Å². The fourth-order valence-electron chi connectivity index (χ4n) is 3.20. The number of benzene rings is 2. The molecular weight excluding hydrogens is 449 g/mol. The third-order valence-electron chi connectivity index (χ3n) is 5.05. The van der Waals surface area contributed by atoms with E-state index in [2.05, 4.69) is 53.4 Å². The van der Waals surface area contributed by atoms with Crippen LogP contribution in [0.1, 0.15) is 6.92 Å². The molecule has 0 atom stereocenters. The molecule has 11 heteroatoms. The highest BCUT2D eigenvalue weighted by Gasteiger charge is 2.19. The number of rotatable bonds is 8. The maximum atomic E-state index is 5.96. The van der Waals surface area contributed by atoms with Crippen molar-refractivity contribution in [3.63, 3.8) is 0 Å². The summed E-state index contributed by atoms with van der Waals surface area (Å²) >= 11 is 11.9. The molecule has 0 unspecified atom stereocenters. The van der Waals surface area contributed by atoms with Crippen molar-refractivity contribution in [3.05, 3.63) is 58.6 Å². The van der Waals surface area contributed by atoms with Gasteiger partial charge < -0.3 is 9.80 Å². The van der Waals surface area contributed by atoms with Crippen LogP contribution < -0.4 is 26.6 Å². The van der Waals surface area contributed by atoms with E-state index in [1.807, 2.05) is 24.3 Å². The predicted molar refractivity (Wildman–Crippen MR) is 132 cm³/mol. The zero-order valence-electron chi connectivity index (χ0n) is 17.6. The Labute approximate surface area is 197 Å². The first kappa shape index (κ1) is 22.2. The summed E-state index contributed by atoms with van der Waals surface area (Å²) in [5.41, 5.74) is 13.9. The van der Waals surface area contributed by atoms with Gasteiger partial charge in [0.05, 0.1) is 11.4 Å². The molecule has 1 saturated heterocycles. The van der Waals surface area contributed by atoms with Gasteiger partial charge in [-0.05, 0) is 55.1 Å². The Bertz CT molecular complexity index is 939. The molecule has 0 amide bonds. The molecule has 9 nitrogen and oxygen atoms in total. The van der Waals surface area contributed by atoms with Crippen LogP contribution in [0.4, 0.5) is 29.2 Å². The number of hydrazine groups is 2. The Hall–Kier alpha value is -3.01. The average molecular weight is 474 g/mol. The molecule has 32 heavy (non-hydrogen) atoms. The molecule has 1 fully saturated rings. The highest BCUT2D eigenvalue weighted by Crippen LogP contribution is 2.18. The van der Waals surface area contributed by atoms with Crippen molar-refractivity contribution in [1.29, 1.82) is 0 Å². The van der Waals surface area contributed by atoms with Gasteiger partial charge in [0.1, 0.15) is 0 Å². The molecule has 1 aromatic heterocycles. The van der Waals surface area contributed by atoms with Crippen LogP contribution >= 0.6 is 23.2 Å². The van der Waals surface area contributed by atoms with Gasteiger partial charge in [0.15, 0.2) is 0 Å². The minimum absolute atomic E-state index is 0.392. The van der Waals surface area contributed by atoms with Crippen molar-refractivity contribution in [3.8, 4) is 0 Å². The number of hydrogen-bond donors (Lipinski definition) is 4. The first-order chi connectivity index (χ1) is 15.6. The van der Waals surface area contributed by atoms with Crippen LogP contribution in [0.2, 0.25) is 10.0 Å². The first-order valence-electron chi connectivity index (χ1n) is 10.4. The monoisotopic (exact) mass is 473 g/mol. The van der Waals surface area contributed by atoms with E-state index in [0.717, 1.165) is 44.1 Å². The van der Waals surface area contributed by atoms with Gasteiger partial charge in [0, 0.05) is 36.2 Å². The van der Waals surface area contributed by atoms with Crippen molar-refractivity contribution < 1.29 is 0 Å². The van der Waals surface area contributed by atoms with E-state index in [9.17, 15) is 0 Å². The van der Waals surface area contributed by atoms with Gasteiger partial charge in [-0.25, -0.2) is 0 Å². The minimum Gasteiger partial charge on any atom is -0.338 e. The van der Waals surface area contributed by atoms with Crippen LogP contribution in [-0.4, -0.2) is 52.6 Å². The standard InChI is InChI=1S/C21H25Cl2N9/c1-2-31-11-13-32(14-12-31)21-25-19(29-27-17-7-3-15(22)4-8-17)24-20(26-21)30-28-18-9-5-16(23)6-10-18/h3-10,27-28H,2,11-14H2,1H3,(H2,24,25,26,29,30). The summed E-state index contributed by atoms with van der Waals surface area (Å²) in [6.45, 7) is 6.87. The number of piperazine rings is 1. The topological polar surface area (TPSA) is 93.3 Å². The van der Waals surface area contributed by atoms with E-state index >= 15 is 0 Å². The van der Waals surface area contributed by atoms with Gasteiger partial charge in [0.2, 0.25) is 17.8 Å². The smallest absolute Gasteiger partial charge is 0.248 e. The molecule has 3 aromatic rings. The lowest BCUT2D eigenvalue weighted by molar-refractivity contribution is 0.270. The van der Waals surface area contributed by atoms with Gasteiger partial charge >= 0.3 is 0 Å². The fraction of sp³-hybridized carbons (Fsp3) is 0.286. The van der Waals surface area contributed by atoms with E-state index in [1.54, 1.807) is 24.3 Å². The maximum Gasteiger partial charge on any atom is 0.248 e. The van der Waals surface area contributed by atoms with Crippen molar-refractivity contribution >= 4 is 52.4 Å². The number of hydrogen-bond acceptors (Lipinski definition) is 9. The van der Waals surface area contributed by atoms with E-state index in [0.29, 0.717) is 27.9 Å². The zero-order chi connectivity index (χ0) is 22.3. The third-order valence-corrected chi connectivity index (χ3v) is 5.56. The number of nitrogens with zero attached hydrogens (tertiary/aromatic N) is 5. The van der Waals surface area contributed by atoms with Crippen LogP contribution in [0.5, 0.6) is 0 Å². The molecule has 1 aliphatic heterocycles. The van der Waals surface area contributed by atoms with E-state index in [-0.39, 0.29) is 0 Å². The predicted octanol–water partition coefficient (Wildman–Crippen LogP) is 4.20. The summed E-state index contributed by atoms with van der Waals surface area (Å²) in [6.07, 6.45) is 0. The molecule has 0 bridgehead atoms.